The van der Waals surface area contributed by atoms with E-state index in [0.29, 0.717) is 17.6 Å². The van der Waals surface area contributed by atoms with Gasteiger partial charge in [-0.2, -0.15) is 10.2 Å². The van der Waals surface area contributed by atoms with Gasteiger partial charge in [-0.15, -0.1) is 0 Å². The summed E-state index contributed by atoms with van der Waals surface area (Å²) in [7, 11) is 0. The van der Waals surface area contributed by atoms with Crippen molar-refractivity contribution in [2.24, 2.45) is 0 Å². The maximum absolute atomic E-state index is 9.10. The zero-order valence-electron chi connectivity index (χ0n) is 11.7. The van der Waals surface area contributed by atoms with Gasteiger partial charge in [-0.05, 0) is 31.0 Å². The van der Waals surface area contributed by atoms with E-state index in [1.165, 1.54) is 25.7 Å². The van der Waals surface area contributed by atoms with Crippen LogP contribution in [0.3, 0.4) is 0 Å². The van der Waals surface area contributed by atoms with E-state index in [-0.39, 0.29) is 0 Å². The highest BCUT2D eigenvalue weighted by Crippen LogP contribution is 2.22. The number of aromatic nitrogens is 2. The Bertz CT molecular complexity index is 656. The van der Waals surface area contributed by atoms with Crippen molar-refractivity contribution in [3.8, 4) is 6.07 Å². The highest BCUT2D eigenvalue weighted by molar-refractivity contribution is 5.63. The summed E-state index contributed by atoms with van der Waals surface area (Å²) in [5.41, 5.74) is 1.30. The standard InChI is InChI=1S/C16H17N5/c17-11-12-5-1-4-8-14(12)20-16-18-10-9-15(21-16)19-13-6-2-3-7-13/h1,4-5,8-10,13H,2-3,6-7H2,(H2,18,19,20,21). The van der Waals surface area contributed by atoms with Gasteiger partial charge in [0.15, 0.2) is 0 Å². The highest BCUT2D eigenvalue weighted by Gasteiger charge is 2.15. The number of hydrogen-bond donors (Lipinski definition) is 2. The third-order valence-electron chi connectivity index (χ3n) is 3.66. The summed E-state index contributed by atoms with van der Waals surface area (Å²) >= 11 is 0. The van der Waals surface area contributed by atoms with Crippen molar-refractivity contribution >= 4 is 17.5 Å². The quantitative estimate of drug-likeness (QED) is 0.896. The van der Waals surface area contributed by atoms with Gasteiger partial charge in [-0.3, -0.25) is 0 Å². The van der Waals surface area contributed by atoms with Gasteiger partial charge in [-0.1, -0.05) is 25.0 Å². The SMILES string of the molecule is N#Cc1ccccc1Nc1nccc(NC2CCCC2)n1. The van der Waals surface area contributed by atoms with Gasteiger partial charge in [-0.25, -0.2) is 4.98 Å². The lowest BCUT2D eigenvalue weighted by Crippen LogP contribution is -2.16. The van der Waals surface area contributed by atoms with E-state index in [9.17, 15) is 0 Å². The lowest BCUT2D eigenvalue weighted by molar-refractivity contribution is 0.750. The molecule has 1 aliphatic carbocycles. The summed E-state index contributed by atoms with van der Waals surface area (Å²) in [6.07, 6.45) is 6.68. The number of hydrogen-bond acceptors (Lipinski definition) is 5. The van der Waals surface area contributed by atoms with Crippen LogP contribution < -0.4 is 10.6 Å². The molecule has 2 N–H and O–H groups in total. The molecular formula is C16H17N5. The van der Waals surface area contributed by atoms with Crippen LogP contribution in [0.2, 0.25) is 0 Å². The van der Waals surface area contributed by atoms with Crippen molar-refractivity contribution in [2.75, 3.05) is 10.6 Å². The molecule has 3 rings (SSSR count). The summed E-state index contributed by atoms with van der Waals surface area (Å²) in [5, 5.41) is 15.6. The number of para-hydroxylation sites is 1. The van der Waals surface area contributed by atoms with Crippen molar-refractivity contribution in [3.63, 3.8) is 0 Å². The van der Waals surface area contributed by atoms with E-state index in [1.807, 2.05) is 24.3 Å². The van der Waals surface area contributed by atoms with Gasteiger partial charge in [0.2, 0.25) is 5.95 Å². The molecule has 0 spiro atoms. The molecule has 5 nitrogen and oxygen atoms in total. The molecule has 0 amide bonds. The molecule has 1 fully saturated rings. The molecule has 1 aliphatic rings. The van der Waals surface area contributed by atoms with Crippen LogP contribution in [0.5, 0.6) is 0 Å². The molecule has 0 radical (unpaired) electrons. The Balaban J connectivity index is 1.75. The predicted molar refractivity (Wildman–Crippen MR) is 82.4 cm³/mol. The van der Waals surface area contributed by atoms with Crippen molar-refractivity contribution in [2.45, 2.75) is 31.7 Å². The van der Waals surface area contributed by atoms with Gasteiger partial charge in [0.1, 0.15) is 11.9 Å². The number of nitrogens with one attached hydrogen (secondary N) is 2. The normalized spacial score (nSPS) is 14.6. The highest BCUT2D eigenvalue weighted by atomic mass is 15.1. The first kappa shape index (κ1) is 13.4. The van der Waals surface area contributed by atoms with Crippen LogP contribution in [0.1, 0.15) is 31.2 Å². The largest absolute Gasteiger partial charge is 0.367 e. The number of nitriles is 1. The molecule has 5 heteroatoms. The molecule has 21 heavy (non-hydrogen) atoms. The molecule has 1 aromatic heterocycles. The van der Waals surface area contributed by atoms with E-state index in [1.54, 1.807) is 12.3 Å². The van der Waals surface area contributed by atoms with Crippen LogP contribution in [0.15, 0.2) is 36.5 Å². The minimum atomic E-state index is 0.501. The molecule has 0 bridgehead atoms. The second-order valence-electron chi connectivity index (χ2n) is 5.17. The minimum absolute atomic E-state index is 0.501. The zero-order valence-corrected chi connectivity index (χ0v) is 11.7. The second-order valence-corrected chi connectivity index (χ2v) is 5.17. The monoisotopic (exact) mass is 279 g/mol. The number of anilines is 3. The first-order valence-electron chi connectivity index (χ1n) is 7.21. The number of rotatable bonds is 4. The van der Waals surface area contributed by atoms with Gasteiger partial charge in [0.25, 0.3) is 0 Å². The molecule has 1 heterocycles. The fourth-order valence-electron chi connectivity index (χ4n) is 2.59. The van der Waals surface area contributed by atoms with E-state index in [4.69, 9.17) is 5.26 Å². The summed E-state index contributed by atoms with van der Waals surface area (Å²) in [4.78, 5) is 8.68. The van der Waals surface area contributed by atoms with Gasteiger partial charge >= 0.3 is 0 Å². The molecule has 0 aliphatic heterocycles. The first-order chi connectivity index (χ1) is 10.3. The number of nitrogens with zero attached hydrogens (tertiary/aromatic N) is 3. The van der Waals surface area contributed by atoms with Crippen molar-refractivity contribution < 1.29 is 0 Å². The summed E-state index contributed by atoms with van der Waals surface area (Å²) in [6, 6.07) is 11.9. The van der Waals surface area contributed by atoms with E-state index >= 15 is 0 Å². The van der Waals surface area contributed by atoms with Gasteiger partial charge in [0.05, 0.1) is 11.3 Å². The van der Waals surface area contributed by atoms with E-state index in [2.05, 4.69) is 26.7 Å². The van der Waals surface area contributed by atoms with Gasteiger partial charge < -0.3 is 10.6 Å². The lowest BCUT2D eigenvalue weighted by atomic mass is 10.2. The summed E-state index contributed by atoms with van der Waals surface area (Å²) in [5.74, 6) is 1.33. The Morgan fingerprint density at radius 1 is 1.14 bits per heavy atom. The van der Waals surface area contributed by atoms with Crippen molar-refractivity contribution in [3.05, 3.63) is 42.1 Å². The summed E-state index contributed by atoms with van der Waals surface area (Å²) in [6.45, 7) is 0. The maximum Gasteiger partial charge on any atom is 0.229 e. The molecule has 106 valence electrons. The lowest BCUT2D eigenvalue weighted by Gasteiger charge is -2.13. The average Bonchev–Trinajstić information content (AvgIpc) is 3.01. The zero-order chi connectivity index (χ0) is 14.5. The Morgan fingerprint density at radius 2 is 1.95 bits per heavy atom. The first-order valence-corrected chi connectivity index (χ1v) is 7.21. The Morgan fingerprint density at radius 3 is 2.76 bits per heavy atom. The summed E-state index contributed by atoms with van der Waals surface area (Å²) < 4.78 is 0. The van der Waals surface area contributed by atoms with Gasteiger partial charge in [0, 0.05) is 12.2 Å². The number of benzene rings is 1. The van der Waals surface area contributed by atoms with Crippen LogP contribution in [-0.2, 0) is 0 Å². The predicted octanol–water partition coefficient (Wildman–Crippen LogP) is 3.45. The maximum atomic E-state index is 9.10. The van der Waals surface area contributed by atoms with Crippen LogP contribution >= 0.6 is 0 Å². The molecule has 1 aromatic carbocycles. The molecule has 2 aromatic rings. The third-order valence-corrected chi connectivity index (χ3v) is 3.66. The van der Waals surface area contributed by atoms with Crippen LogP contribution in [0, 0.1) is 11.3 Å². The molecular weight excluding hydrogens is 262 g/mol. The second kappa shape index (κ2) is 6.23. The van der Waals surface area contributed by atoms with E-state index in [0.717, 1.165) is 11.5 Å². The van der Waals surface area contributed by atoms with Crippen LogP contribution in [0.4, 0.5) is 17.5 Å². The smallest absolute Gasteiger partial charge is 0.229 e. The fraction of sp³-hybridized carbons (Fsp3) is 0.312. The van der Waals surface area contributed by atoms with Crippen molar-refractivity contribution in [1.82, 2.24) is 9.97 Å². The van der Waals surface area contributed by atoms with E-state index < -0.39 is 0 Å². The molecule has 0 unspecified atom stereocenters. The van der Waals surface area contributed by atoms with Crippen LogP contribution in [-0.4, -0.2) is 16.0 Å². The Kier molecular flexibility index (Phi) is 3.97. The topological polar surface area (TPSA) is 73.6 Å². The molecule has 0 saturated heterocycles. The molecule has 1 saturated carbocycles. The van der Waals surface area contributed by atoms with Crippen LogP contribution in [0.25, 0.3) is 0 Å². The Labute approximate surface area is 124 Å². The average molecular weight is 279 g/mol. The Hall–Kier alpha value is -2.61. The van der Waals surface area contributed by atoms with Crippen molar-refractivity contribution in [1.29, 1.82) is 5.26 Å². The minimum Gasteiger partial charge on any atom is -0.367 e. The molecule has 0 atom stereocenters. The third kappa shape index (κ3) is 3.29. The fourth-order valence-corrected chi connectivity index (χ4v) is 2.59.